The van der Waals surface area contributed by atoms with Gasteiger partial charge >= 0.3 is 0 Å². The van der Waals surface area contributed by atoms with Gasteiger partial charge in [-0.05, 0) is 84.6 Å². The molecule has 188 valence electrons. The van der Waals surface area contributed by atoms with Gasteiger partial charge in [0.2, 0.25) is 0 Å². The first-order chi connectivity index (χ1) is 16.6. The van der Waals surface area contributed by atoms with Crippen LogP contribution in [-0.2, 0) is 9.59 Å². The van der Waals surface area contributed by atoms with Gasteiger partial charge in [0.25, 0.3) is 11.7 Å². The molecule has 1 amide bonds. The summed E-state index contributed by atoms with van der Waals surface area (Å²) in [7, 11) is 3.93. The number of carbonyl (C=O) groups excluding carboxylic acids is 2. The lowest BCUT2D eigenvalue weighted by atomic mass is 9.94. The first kappa shape index (κ1) is 26.3. The van der Waals surface area contributed by atoms with E-state index >= 15 is 0 Å². The van der Waals surface area contributed by atoms with Crippen molar-refractivity contribution < 1.29 is 24.2 Å². The molecule has 0 unspecified atom stereocenters. The fraction of sp³-hybridized carbons (Fsp3) is 0.429. The van der Waals surface area contributed by atoms with Crippen molar-refractivity contribution in [2.45, 2.75) is 46.3 Å². The lowest BCUT2D eigenvalue weighted by Gasteiger charge is -2.27. The predicted octanol–water partition coefficient (Wildman–Crippen LogP) is 4.55. The van der Waals surface area contributed by atoms with Crippen LogP contribution in [0.15, 0.2) is 48.0 Å². The molecule has 1 atom stereocenters. The van der Waals surface area contributed by atoms with Gasteiger partial charge in [0.05, 0.1) is 24.3 Å². The van der Waals surface area contributed by atoms with Crippen LogP contribution in [0.1, 0.15) is 49.9 Å². The van der Waals surface area contributed by atoms with E-state index in [1.807, 2.05) is 71.0 Å². The molecule has 7 nitrogen and oxygen atoms in total. The standard InChI is InChI=1S/C28H36N2O5/c1-7-34-23-12-9-8-11-21(23)25-24(27(32)28(33)30(25)16-10-15-29(5)6)26(31)20-13-14-22(19(4)17-20)35-18(2)3/h8-9,11-14,17-18,25,31H,7,10,15-16H2,1-6H3/b26-24+/t25-/m1/s1. The number of rotatable bonds is 10. The van der Waals surface area contributed by atoms with Gasteiger partial charge in [-0.15, -0.1) is 0 Å². The van der Waals surface area contributed by atoms with E-state index < -0.39 is 17.7 Å². The summed E-state index contributed by atoms with van der Waals surface area (Å²) in [6.07, 6.45) is 0.698. The summed E-state index contributed by atoms with van der Waals surface area (Å²) in [6, 6.07) is 11.9. The van der Waals surface area contributed by atoms with Crippen LogP contribution in [0.4, 0.5) is 0 Å². The second-order valence-electron chi connectivity index (χ2n) is 9.27. The Bertz CT molecular complexity index is 1110. The number of ketones is 1. The SMILES string of the molecule is CCOc1ccccc1[C@@H]1/C(=C(\O)c2ccc(OC(C)C)c(C)c2)C(=O)C(=O)N1CCCN(C)C. The maximum absolute atomic E-state index is 13.3. The van der Waals surface area contributed by atoms with Gasteiger partial charge in [0.15, 0.2) is 0 Å². The highest BCUT2D eigenvalue weighted by molar-refractivity contribution is 6.46. The number of amides is 1. The largest absolute Gasteiger partial charge is 0.507 e. The number of aryl methyl sites for hydroxylation is 1. The molecule has 0 saturated carbocycles. The molecule has 1 aliphatic heterocycles. The van der Waals surface area contributed by atoms with Crippen LogP contribution in [0, 0.1) is 6.92 Å². The lowest BCUT2D eigenvalue weighted by Crippen LogP contribution is -2.32. The van der Waals surface area contributed by atoms with Crippen molar-refractivity contribution in [3.8, 4) is 11.5 Å². The van der Waals surface area contributed by atoms with Gasteiger partial charge in [-0.25, -0.2) is 0 Å². The van der Waals surface area contributed by atoms with Crippen LogP contribution in [0.3, 0.4) is 0 Å². The molecule has 1 saturated heterocycles. The van der Waals surface area contributed by atoms with Crippen molar-refractivity contribution in [1.82, 2.24) is 9.80 Å². The number of hydrogen-bond donors (Lipinski definition) is 1. The summed E-state index contributed by atoms with van der Waals surface area (Å²) in [5, 5.41) is 11.4. The van der Waals surface area contributed by atoms with Crippen molar-refractivity contribution in [1.29, 1.82) is 0 Å². The monoisotopic (exact) mass is 480 g/mol. The Morgan fingerprint density at radius 1 is 1.11 bits per heavy atom. The summed E-state index contributed by atoms with van der Waals surface area (Å²) >= 11 is 0. The number of ether oxygens (including phenoxy) is 2. The third kappa shape index (κ3) is 5.85. The summed E-state index contributed by atoms with van der Waals surface area (Å²) in [5.74, 6) is -0.211. The van der Waals surface area contributed by atoms with Crippen molar-refractivity contribution in [2.24, 2.45) is 0 Å². The second-order valence-corrected chi connectivity index (χ2v) is 9.27. The average molecular weight is 481 g/mol. The summed E-state index contributed by atoms with van der Waals surface area (Å²) in [5.41, 5.74) is 2.04. The minimum absolute atomic E-state index is 0.00991. The minimum atomic E-state index is -0.744. The summed E-state index contributed by atoms with van der Waals surface area (Å²) < 4.78 is 11.6. The highest BCUT2D eigenvalue weighted by Gasteiger charge is 2.46. The first-order valence-electron chi connectivity index (χ1n) is 12.1. The zero-order valence-corrected chi connectivity index (χ0v) is 21.5. The lowest BCUT2D eigenvalue weighted by molar-refractivity contribution is -0.140. The van der Waals surface area contributed by atoms with Crippen molar-refractivity contribution in [2.75, 3.05) is 33.8 Å². The van der Waals surface area contributed by atoms with Gasteiger partial charge in [-0.3, -0.25) is 9.59 Å². The Kier molecular flexibility index (Phi) is 8.57. The normalized spacial score (nSPS) is 17.5. The molecule has 0 aliphatic carbocycles. The van der Waals surface area contributed by atoms with Crippen LogP contribution >= 0.6 is 0 Å². The van der Waals surface area contributed by atoms with E-state index in [2.05, 4.69) is 0 Å². The predicted molar refractivity (Wildman–Crippen MR) is 137 cm³/mol. The van der Waals surface area contributed by atoms with Gasteiger partial charge in [-0.2, -0.15) is 0 Å². The van der Waals surface area contributed by atoms with Crippen LogP contribution in [-0.4, -0.2) is 66.5 Å². The third-order valence-corrected chi connectivity index (χ3v) is 5.87. The number of likely N-dealkylation sites (tertiary alicyclic amines) is 1. The average Bonchev–Trinajstić information content (AvgIpc) is 3.05. The maximum atomic E-state index is 13.3. The first-order valence-corrected chi connectivity index (χ1v) is 12.1. The number of Topliss-reactive ketones (excluding diaryl/α,β-unsaturated/α-hetero) is 1. The number of hydrogen-bond acceptors (Lipinski definition) is 6. The molecule has 3 rings (SSSR count). The molecule has 0 radical (unpaired) electrons. The maximum Gasteiger partial charge on any atom is 0.295 e. The molecule has 35 heavy (non-hydrogen) atoms. The van der Waals surface area contributed by atoms with E-state index in [9.17, 15) is 14.7 Å². The number of benzene rings is 2. The molecule has 0 bridgehead atoms. The van der Waals surface area contributed by atoms with Crippen molar-refractivity contribution in [3.05, 3.63) is 64.7 Å². The fourth-order valence-corrected chi connectivity index (χ4v) is 4.32. The highest BCUT2D eigenvalue weighted by atomic mass is 16.5. The number of aliphatic hydroxyl groups excluding tert-OH is 1. The topological polar surface area (TPSA) is 79.3 Å². The number of nitrogens with zero attached hydrogens (tertiary/aromatic N) is 2. The molecule has 1 N–H and O–H groups in total. The molecule has 0 aromatic heterocycles. The number of para-hydroxylation sites is 1. The summed E-state index contributed by atoms with van der Waals surface area (Å²) in [4.78, 5) is 30.1. The van der Waals surface area contributed by atoms with E-state index in [1.54, 1.807) is 23.1 Å². The van der Waals surface area contributed by atoms with Gasteiger partial charge in [0.1, 0.15) is 17.3 Å². The third-order valence-electron chi connectivity index (χ3n) is 5.87. The Hall–Kier alpha value is -3.32. The van der Waals surface area contributed by atoms with Crippen LogP contribution < -0.4 is 9.47 Å². The molecule has 7 heteroatoms. The summed E-state index contributed by atoms with van der Waals surface area (Å²) in [6.45, 7) is 9.24. The molecule has 1 fully saturated rings. The van der Waals surface area contributed by atoms with E-state index in [1.165, 1.54) is 0 Å². The number of carbonyl (C=O) groups is 2. The van der Waals surface area contributed by atoms with Crippen molar-refractivity contribution in [3.63, 3.8) is 0 Å². The Morgan fingerprint density at radius 2 is 1.83 bits per heavy atom. The second kappa shape index (κ2) is 11.4. The number of aliphatic hydroxyl groups is 1. The fourth-order valence-electron chi connectivity index (χ4n) is 4.32. The molecule has 1 heterocycles. The zero-order chi connectivity index (χ0) is 25.7. The molecule has 1 aliphatic rings. The molecule has 2 aromatic rings. The molecule has 0 spiro atoms. The smallest absolute Gasteiger partial charge is 0.295 e. The van der Waals surface area contributed by atoms with Crippen LogP contribution in [0.25, 0.3) is 5.76 Å². The quantitative estimate of drug-likeness (QED) is 0.305. The van der Waals surface area contributed by atoms with Crippen LogP contribution in [0.2, 0.25) is 0 Å². The van der Waals surface area contributed by atoms with E-state index in [-0.39, 0.29) is 17.4 Å². The van der Waals surface area contributed by atoms with E-state index in [4.69, 9.17) is 9.47 Å². The van der Waals surface area contributed by atoms with Gasteiger partial charge in [-0.1, -0.05) is 18.2 Å². The molecular weight excluding hydrogens is 444 g/mol. The van der Waals surface area contributed by atoms with E-state index in [0.29, 0.717) is 42.2 Å². The van der Waals surface area contributed by atoms with Gasteiger partial charge in [0, 0.05) is 17.7 Å². The van der Waals surface area contributed by atoms with Crippen LogP contribution in [0.5, 0.6) is 11.5 Å². The van der Waals surface area contributed by atoms with E-state index in [0.717, 1.165) is 12.1 Å². The zero-order valence-electron chi connectivity index (χ0n) is 21.5. The van der Waals surface area contributed by atoms with Crippen molar-refractivity contribution >= 4 is 17.4 Å². The van der Waals surface area contributed by atoms with Gasteiger partial charge < -0.3 is 24.4 Å². The Labute approximate surface area is 207 Å². The Morgan fingerprint density at radius 3 is 2.46 bits per heavy atom. The Balaban J connectivity index is 2.13. The highest BCUT2D eigenvalue weighted by Crippen LogP contribution is 2.43. The molecular formula is C28H36N2O5. The minimum Gasteiger partial charge on any atom is -0.507 e. The molecule has 2 aromatic carbocycles.